The van der Waals surface area contributed by atoms with Crippen LogP contribution in [0.25, 0.3) is 0 Å². The monoisotopic (exact) mass is 331 g/mol. The molecule has 1 atom stereocenters. The molecule has 1 aromatic carbocycles. The van der Waals surface area contributed by atoms with Crippen LogP contribution in [-0.4, -0.2) is 48.9 Å². The van der Waals surface area contributed by atoms with E-state index in [1.54, 1.807) is 6.07 Å². The molecule has 1 unspecified atom stereocenters. The Kier molecular flexibility index (Phi) is 6.79. The van der Waals surface area contributed by atoms with E-state index in [1.807, 2.05) is 43.9 Å². The molecule has 1 aliphatic heterocycles. The minimum absolute atomic E-state index is 0.0351. The van der Waals surface area contributed by atoms with E-state index < -0.39 is 6.04 Å². The molecule has 1 saturated heterocycles. The van der Waals surface area contributed by atoms with Crippen LogP contribution in [0.3, 0.4) is 0 Å². The third-order valence-corrected chi connectivity index (χ3v) is 4.76. The van der Waals surface area contributed by atoms with E-state index in [0.29, 0.717) is 18.7 Å². The average Bonchev–Trinajstić information content (AvgIpc) is 2.61. The fourth-order valence-corrected chi connectivity index (χ4v) is 3.30. The molecular formula is C19H29N3O2. The Bertz CT molecular complexity index is 563. The van der Waals surface area contributed by atoms with Gasteiger partial charge in [-0.1, -0.05) is 17.7 Å². The van der Waals surface area contributed by atoms with Crippen LogP contribution in [0.5, 0.6) is 0 Å². The van der Waals surface area contributed by atoms with E-state index in [1.165, 1.54) is 0 Å². The normalized spacial score (nSPS) is 16.5. The first-order chi connectivity index (χ1) is 11.6. The second kappa shape index (κ2) is 8.83. The molecule has 1 aliphatic rings. The minimum Gasteiger partial charge on any atom is -0.341 e. The van der Waals surface area contributed by atoms with Crippen molar-refractivity contribution in [3.05, 3.63) is 35.4 Å². The maximum Gasteiger partial charge on any atom is 0.251 e. The predicted octanol–water partition coefficient (Wildman–Crippen LogP) is 1.96. The van der Waals surface area contributed by atoms with Crippen molar-refractivity contribution >= 4 is 11.8 Å². The fourth-order valence-electron chi connectivity index (χ4n) is 3.30. The molecular weight excluding hydrogens is 302 g/mol. The summed E-state index contributed by atoms with van der Waals surface area (Å²) >= 11 is 0. The Morgan fingerprint density at radius 3 is 2.50 bits per heavy atom. The van der Waals surface area contributed by atoms with Gasteiger partial charge in [-0.2, -0.15) is 0 Å². The molecule has 5 heteroatoms. The molecule has 132 valence electrons. The molecule has 24 heavy (non-hydrogen) atoms. The molecule has 0 spiro atoms. The third kappa shape index (κ3) is 4.57. The van der Waals surface area contributed by atoms with Gasteiger partial charge in [-0.25, -0.2) is 0 Å². The summed E-state index contributed by atoms with van der Waals surface area (Å²) < 4.78 is 0. The molecule has 0 aliphatic carbocycles. The Morgan fingerprint density at radius 1 is 1.25 bits per heavy atom. The number of hydrogen-bond donors (Lipinski definition) is 2. The van der Waals surface area contributed by atoms with E-state index in [2.05, 4.69) is 10.6 Å². The van der Waals surface area contributed by atoms with Crippen LogP contribution in [0.2, 0.25) is 0 Å². The third-order valence-electron chi connectivity index (χ3n) is 4.76. The summed E-state index contributed by atoms with van der Waals surface area (Å²) in [5.74, 6) is 0.0590. The van der Waals surface area contributed by atoms with Gasteiger partial charge in [-0.3, -0.25) is 9.59 Å². The van der Waals surface area contributed by atoms with Crippen LogP contribution >= 0.6 is 0 Å². The van der Waals surface area contributed by atoms with Crippen LogP contribution in [-0.2, 0) is 4.79 Å². The topological polar surface area (TPSA) is 61.4 Å². The van der Waals surface area contributed by atoms with Gasteiger partial charge in [0.1, 0.15) is 6.04 Å². The molecule has 1 aromatic rings. The van der Waals surface area contributed by atoms with Gasteiger partial charge >= 0.3 is 0 Å². The Hall–Kier alpha value is -1.88. The molecule has 1 fully saturated rings. The summed E-state index contributed by atoms with van der Waals surface area (Å²) in [6.45, 7) is 9.03. The van der Waals surface area contributed by atoms with E-state index in [4.69, 9.17) is 0 Å². The summed E-state index contributed by atoms with van der Waals surface area (Å²) in [4.78, 5) is 27.4. The lowest BCUT2D eigenvalue weighted by atomic mass is 9.89. The van der Waals surface area contributed by atoms with Crippen molar-refractivity contribution in [2.75, 3.05) is 26.2 Å². The van der Waals surface area contributed by atoms with Crippen molar-refractivity contribution < 1.29 is 9.59 Å². The first kappa shape index (κ1) is 18.5. The lowest BCUT2D eigenvalue weighted by Gasteiger charge is -2.33. The SMILES string of the molecule is CCN(CC)C(=O)C(NC(=O)c1cccc(C)c1)C1CCNCC1. The van der Waals surface area contributed by atoms with Gasteiger partial charge in [0.05, 0.1) is 0 Å². The van der Waals surface area contributed by atoms with Crippen molar-refractivity contribution in [3.8, 4) is 0 Å². The highest BCUT2D eigenvalue weighted by Crippen LogP contribution is 2.19. The molecule has 0 aromatic heterocycles. The number of benzene rings is 1. The summed E-state index contributed by atoms with van der Waals surface area (Å²) in [6, 6.07) is 7.04. The zero-order chi connectivity index (χ0) is 17.5. The van der Waals surface area contributed by atoms with Crippen LogP contribution in [0.4, 0.5) is 0 Å². The van der Waals surface area contributed by atoms with E-state index in [0.717, 1.165) is 31.5 Å². The number of carbonyl (C=O) groups is 2. The van der Waals surface area contributed by atoms with Crippen LogP contribution in [0, 0.1) is 12.8 Å². The van der Waals surface area contributed by atoms with Crippen molar-refractivity contribution in [3.63, 3.8) is 0 Å². The smallest absolute Gasteiger partial charge is 0.251 e. The van der Waals surface area contributed by atoms with Gasteiger partial charge in [-0.15, -0.1) is 0 Å². The Labute approximate surface area is 144 Å². The summed E-state index contributed by atoms with van der Waals surface area (Å²) in [6.07, 6.45) is 1.82. The number of aryl methyl sites for hydroxylation is 1. The standard InChI is InChI=1S/C19H29N3O2/c1-4-22(5-2)19(24)17(15-9-11-20-12-10-15)21-18(23)16-8-6-7-14(3)13-16/h6-8,13,15,17,20H,4-5,9-12H2,1-3H3,(H,21,23). The van der Waals surface area contributed by atoms with Crippen LogP contribution in [0.1, 0.15) is 42.6 Å². The summed E-state index contributed by atoms with van der Waals surface area (Å²) in [5.41, 5.74) is 1.65. The highest BCUT2D eigenvalue weighted by molar-refractivity contribution is 5.97. The van der Waals surface area contributed by atoms with E-state index in [9.17, 15) is 9.59 Å². The molecule has 0 radical (unpaired) electrons. The van der Waals surface area contributed by atoms with Crippen molar-refractivity contribution in [2.45, 2.75) is 39.7 Å². The average molecular weight is 331 g/mol. The van der Waals surface area contributed by atoms with Crippen molar-refractivity contribution in [2.24, 2.45) is 5.92 Å². The minimum atomic E-state index is -0.444. The number of nitrogens with one attached hydrogen (secondary N) is 2. The number of carbonyl (C=O) groups excluding carboxylic acids is 2. The molecule has 0 saturated carbocycles. The van der Waals surface area contributed by atoms with Gasteiger partial charge < -0.3 is 15.5 Å². The zero-order valence-electron chi connectivity index (χ0n) is 15.0. The van der Waals surface area contributed by atoms with Crippen LogP contribution in [0.15, 0.2) is 24.3 Å². The first-order valence-electron chi connectivity index (χ1n) is 8.93. The molecule has 2 rings (SSSR count). The lowest BCUT2D eigenvalue weighted by Crippen LogP contribution is -2.54. The highest BCUT2D eigenvalue weighted by atomic mass is 16.2. The molecule has 2 N–H and O–H groups in total. The predicted molar refractivity (Wildman–Crippen MR) is 96.0 cm³/mol. The molecule has 5 nitrogen and oxygen atoms in total. The van der Waals surface area contributed by atoms with E-state index in [-0.39, 0.29) is 17.7 Å². The first-order valence-corrected chi connectivity index (χ1v) is 8.93. The molecule has 0 bridgehead atoms. The van der Waals surface area contributed by atoms with Gasteiger partial charge in [0, 0.05) is 18.7 Å². The number of likely N-dealkylation sites (N-methyl/N-ethyl adjacent to an activating group) is 1. The lowest BCUT2D eigenvalue weighted by molar-refractivity contribution is -0.134. The Morgan fingerprint density at radius 2 is 1.92 bits per heavy atom. The number of rotatable bonds is 6. The Balaban J connectivity index is 2.18. The van der Waals surface area contributed by atoms with E-state index >= 15 is 0 Å². The summed E-state index contributed by atoms with van der Waals surface area (Å²) in [7, 11) is 0. The van der Waals surface area contributed by atoms with Gasteiger partial charge in [0.15, 0.2) is 0 Å². The van der Waals surface area contributed by atoms with Gasteiger partial charge in [0.25, 0.3) is 5.91 Å². The van der Waals surface area contributed by atoms with Crippen molar-refractivity contribution in [1.82, 2.24) is 15.5 Å². The largest absolute Gasteiger partial charge is 0.341 e. The zero-order valence-corrected chi connectivity index (χ0v) is 15.0. The molecule has 2 amide bonds. The fraction of sp³-hybridized carbons (Fsp3) is 0.579. The van der Waals surface area contributed by atoms with Crippen LogP contribution < -0.4 is 10.6 Å². The highest BCUT2D eigenvalue weighted by Gasteiger charge is 2.33. The quantitative estimate of drug-likeness (QED) is 0.838. The van der Waals surface area contributed by atoms with Gasteiger partial charge in [0.2, 0.25) is 5.91 Å². The number of hydrogen-bond acceptors (Lipinski definition) is 3. The summed E-state index contributed by atoms with van der Waals surface area (Å²) in [5, 5.41) is 6.34. The second-order valence-corrected chi connectivity index (χ2v) is 6.42. The van der Waals surface area contributed by atoms with Crippen molar-refractivity contribution in [1.29, 1.82) is 0 Å². The maximum atomic E-state index is 12.9. The molecule has 1 heterocycles. The number of amides is 2. The number of nitrogens with zero attached hydrogens (tertiary/aromatic N) is 1. The maximum absolute atomic E-state index is 12.9. The second-order valence-electron chi connectivity index (χ2n) is 6.42. The number of piperidine rings is 1. The van der Waals surface area contributed by atoms with Gasteiger partial charge in [-0.05, 0) is 64.8 Å².